The lowest BCUT2D eigenvalue weighted by molar-refractivity contribution is 0.0302. The lowest BCUT2D eigenvalue weighted by Gasteiger charge is -2.28. The Balaban J connectivity index is 1.72. The Kier molecular flexibility index (Phi) is 4.06. The van der Waals surface area contributed by atoms with Gasteiger partial charge < -0.3 is 18.9 Å². The van der Waals surface area contributed by atoms with Crippen molar-refractivity contribution < 1.29 is 23.0 Å². The second-order valence-corrected chi connectivity index (χ2v) is 7.78. The molecule has 8 heteroatoms. The Morgan fingerprint density at radius 1 is 1.00 bits per heavy atom. The van der Waals surface area contributed by atoms with Gasteiger partial charge in [0.15, 0.2) is 17.3 Å². The Hall–Kier alpha value is -3.78. The number of carbonyl (C=O) groups excluding carboxylic acids is 1. The summed E-state index contributed by atoms with van der Waals surface area (Å²) >= 11 is 0. The summed E-state index contributed by atoms with van der Waals surface area (Å²) in [4.78, 5) is 28.0. The van der Waals surface area contributed by atoms with E-state index in [1.807, 2.05) is 30.3 Å². The van der Waals surface area contributed by atoms with E-state index in [9.17, 15) is 18.4 Å². The molecule has 1 aromatic heterocycles. The molecule has 32 heavy (non-hydrogen) atoms. The summed E-state index contributed by atoms with van der Waals surface area (Å²) in [5.41, 5.74) is -0.128. The van der Waals surface area contributed by atoms with Crippen LogP contribution in [-0.4, -0.2) is 41.7 Å². The first-order chi connectivity index (χ1) is 15.5. The standard InChI is InChI=1S/C24H16F2N2O4/c25-17-11-15-21-23(19(17)26)32-18-6-5-13-3-1-2-4-14(13)20(18)28(21)12-16(22(15)29)24(30)27-7-9-31-10-8-27/h1-6,11-12H,7-10H2. The summed E-state index contributed by atoms with van der Waals surface area (Å²) in [5, 5.41) is 1.57. The number of aromatic nitrogens is 1. The highest BCUT2D eigenvalue weighted by atomic mass is 19.2. The van der Waals surface area contributed by atoms with E-state index in [1.165, 1.54) is 11.1 Å². The van der Waals surface area contributed by atoms with Crippen LogP contribution in [-0.2, 0) is 4.74 Å². The van der Waals surface area contributed by atoms with Crippen LogP contribution in [0.4, 0.5) is 8.78 Å². The number of carbonyl (C=O) groups is 1. The fourth-order valence-electron chi connectivity index (χ4n) is 4.44. The molecule has 2 aliphatic rings. The number of halogens is 2. The highest BCUT2D eigenvalue weighted by Crippen LogP contribution is 2.44. The number of rotatable bonds is 1. The minimum atomic E-state index is -1.21. The number of benzene rings is 3. The molecule has 6 rings (SSSR count). The van der Waals surface area contributed by atoms with Crippen molar-refractivity contribution in [3.63, 3.8) is 0 Å². The van der Waals surface area contributed by atoms with Crippen LogP contribution >= 0.6 is 0 Å². The van der Waals surface area contributed by atoms with Gasteiger partial charge in [-0.05, 0) is 17.5 Å². The predicted molar refractivity (Wildman–Crippen MR) is 114 cm³/mol. The molecule has 1 saturated heterocycles. The number of hydrogen-bond acceptors (Lipinski definition) is 4. The summed E-state index contributed by atoms with van der Waals surface area (Å²) in [7, 11) is 0. The van der Waals surface area contributed by atoms with Crippen LogP contribution in [0.3, 0.4) is 0 Å². The third-order valence-electron chi connectivity index (χ3n) is 5.98. The van der Waals surface area contributed by atoms with Gasteiger partial charge in [-0.15, -0.1) is 0 Å². The first-order valence-corrected chi connectivity index (χ1v) is 10.2. The van der Waals surface area contributed by atoms with E-state index >= 15 is 0 Å². The average molecular weight is 434 g/mol. The monoisotopic (exact) mass is 434 g/mol. The van der Waals surface area contributed by atoms with E-state index in [0.717, 1.165) is 16.8 Å². The molecule has 0 saturated carbocycles. The summed E-state index contributed by atoms with van der Waals surface area (Å²) in [6, 6.07) is 11.8. The molecule has 0 radical (unpaired) electrons. The average Bonchev–Trinajstić information content (AvgIpc) is 2.83. The van der Waals surface area contributed by atoms with Crippen LogP contribution in [0.1, 0.15) is 10.4 Å². The van der Waals surface area contributed by atoms with Crippen molar-refractivity contribution in [2.75, 3.05) is 26.3 Å². The van der Waals surface area contributed by atoms with Gasteiger partial charge in [-0.1, -0.05) is 30.3 Å². The summed E-state index contributed by atoms with van der Waals surface area (Å²) < 4.78 is 41.8. The number of ether oxygens (including phenoxy) is 2. The molecule has 2 aliphatic heterocycles. The maximum Gasteiger partial charge on any atom is 0.259 e. The lowest BCUT2D eigenvalue weighted by atomic mass is 10.0. The van der Waals surface area contributed by atoms with Gasteiger partial charge >= 0.3 is 0 Å². The van der Waals surface area contributed by atoms with Gasteiger partial charge in [-0.2, -0.15) is 4.39 Å². The number of pyridine rings is 1. The van der Waals surface area contributed by atoms with Gasteiger partial charge in [-0.3, -0.25) is 9.59 Å². The Bertz CT molecular complexity index is 1510. The zero-order chi connectivity index (χ0) is 22.0. The van der Waals surface area contributed by atoms with Crippen molar-refractivity contribution >= 4 is 27.6 Å². The van der Waals surface area contributed by atoms with Gasteiger partial charge in [0.05, 0.1) is 24.3 Å². The van der Waals surface area contributed by atoms with E-state index in [2.05, 4.69) is 0 Å². The summed E-state index contributed by atoms with van der Waals surface area (Å²) in [6.07, 6.45) is 1.41. The third kappa shape index (κ3) is 2.59. The molecule has 0 atom stereocenters. The molecule has 1 fully saturated rings. The third-order valence-corrected chi connectivity index (χ3v) is 5.98. The predicted octanol–water partition coefficient (Wildman–Crippen LogP) is 4.00. The molecular weight excluding hydrogens is 418 g/mol. The molecule has 3 aromatic carbocycles. The van der Waals surface area contributed by atoms with Gasteiger partial charge in [0.2, 0.25) is 11.2 Å². The summed E-state index contributed by atoms with van der Waals surface area (Å²) in [6.45, 7) is 1.45. The fourth-order valence-corrected chi connectivity index (χ4v) is 4.44. The molecule has 0 aliphatic carbocycles. The van der Waals surface area contributed by atoms with E-state index < -0.39 is 23.0 Å². The first kappa shape index (κ1) is 18.9. The maximum atomic E-state index is 14.7. The molecule has 1 amide bonds. The number of fused-ring (bicyclic) bond motifs is 4. The molecule has 3 heterocycles. The van der Waals surface area contributed by atoms with Crippen molar-refractivity contribution in [1.82, 2.24) is 9.47 Å². The van der Waals surface area contributed by atoms with Crippen LogP contribution in [0, 0.1) is 11.6 Å². The van der Waals surface area contributed by atoms with Crippen molar-refractivity contribution in [3.05, 3.63) is 76.1 Å². The maximum absolute atomic E-state index is 14.7. The first-order valence-electron chi connectivity index (χ1n) is 10.2. The Morgan fingerprint density at radius 2 is 1.78 bits per heavy atom. The highest BCUT2D eigenvalue weighted by molar-refractivity contribution is 6.02. The van der Waals surface area contributed by atoms with Crippen LogP contribution in [0.25, 0.3) is 27.4 Å². The molecule has 4 aromatic rings. The normalized spacial score (nSPS) is 15.0. The van der Waals surface area contributed by atoms with Gasteiger partial charge in [0.1, 0.15) is 11.1 Å². The Morgan fingerprint density at radius 3 is 2.59 bits per heavy atom. The van der Waals surface area contributed by atoms with Crippen molar-refractivity contribution in [2.45, 2.75) is 0 Å². The van der Waals surface area contributed by atoms with Crippen LogP contribution in [0.5, 0.6) is 11.5 Å². The zero-order valence-electron chi connectivity index (χ0n) is 16.7. The quantitative estimate of drug-likeness (QED) is 0.400. The molecule has 6 nitrogen and oxygen atoms in total. The van der Waals surface area contributed by atoms with E-state index in [0.29, 0.717) is 37.7 Å². The lowest BCUT2D eigenvalue weighted by Crippen LogP contribution is -2.42. The number of nitrogens with zero attached hydrogens (tertiary/aromatic N) is 2. The van der Waals surface area contributed by atoms with E-state index in [-0.39, 0.29) is 22.2 Å². The highest BCUT2D eigenvalue weighted by Gasteiger charge is 2.31. The fraction of sp³-hybridized carbons (Fsp3) is 0.167. The minimum Gasteiger partial charge on any atom is -0.450 e. The number of morpholine rings is 1. The van der Waals surface area contributed by atoms with Crippen molar-refractivity contribution in [2.24, 2.45) is 0 Å². The smallest absolute Gasteiger partial charge is 0.259 e. The molecular formula is C24H16F2N2O4. The molecule has 0 bridgehead atoms. The summed E-state index contributed by atoms with van der Waals surface area (Å²) in [5.74, 6) is -2.93. The van der Waals surface area contributed by atoms with Crippen LogP contribution < -0.4 is 10.2 Å². The molecule has 0 N–H and O–H groups in total. The second kappa shape index (κ2) is 6.86. The second-order valence-electron chi connectivity index (χ2n) is 7.78. The molecule has 0 spiro atoms. The Labute approximate surface area is 180 Å². The largest absolute Gasteiger partial charge is 0.450 e. The number of hydrogen-bond donors (Lipinski definition) is 0. The van der Waals surface area contributed by atoms with Crippen LogP contribution in [0.2, 0.25) is 0 Å². The topological polar surface area (TPSA) is 60.8 Å². The van der Waals surface area contributed by atoms with E-state index in [1.54, 1.807) is 10.6 Å². The van der Waals surface area contributed by atoms with Gasteiger partial charge in [0.25, 0.3) is 5.91 Å². The number of amides is 1. The van der Waals surface area contributed by atoms with Gasteiger partial charge in [0, 0.05) is 24.7 Å². The van der Waals surface area contributed by atoms with Gasteiger partial charge in [-0.25, -0.2) is 4.39 Å². The van der Waals surface area contributed by atoms with Crippen molar-refractivity contribution in [1.29, 1.82) is 0 Å². The SMILES string of the molecule is O=C(c1cn2c3c(c(F)c(F)cc3c1=O)Oc1ccc3ccccc3c1-2)N1CCOCC1. The van der Waals surface area contributed by atoms with Crippen LogP contribution in [0.15, 0.2) is 53.5 Å². The molecule has 0 unspecified atom stereocenters. The zero-order valence-corrected chi connectivity index (χ0v) is 16.7. The molecule has 160 valence electrons. The van der Waals surface area contributed by atoms with E-state index in [4.69, 9.17) is 9.47 Å². The van der Waals surface area contributed by atoms with Crippen molar-refractivity contribution in [3.8, 4) is 17.2 Å². The minimum absolute atomic E-state index is 0.0938.